The molecule has 0 aliphatic rings. The minimum atomic E-state index is -0.487. The van der Waals surface area contributed by atoms with Gasteiger partial charge in [0.2, 0.25) is 0 Å². The number of carbonyl (C=O) groups is 2. The molecule has 0 spiro atoms. The van der Waals surface area contributed by atoms with E-state index in [0.717, 1.165) is 0 Å². The highest BCUT2D eigenvalue weighted by Gasteiger charge is 2.13. The maximum Gasteiger partial charge on any atom is 0.273 e. The van der Waals surface area contributed by atoms with Crippen LogP contribution in [0.4, 0.5) is 10.1 Å². The zero-order valence-electron chi connectivity index (χ0n) is 14.1. The van der Waals surface area contributed by atoms with Gasteiger partial charge in [-0.2, -0.15) is 5.10 Å². The van der Waals surface area contributed by atoms with E-state index in [1.165, 1.54) is 42.9 Å². The van der Waals surface area contributed by atoms with Crippen LogP contribution in [0.1, 0.15) is 26.3 Å². The van der Waals surface area contributed by atoms with Crippen LogP contribution in [0.5, 0.6) is 0 Å². The summed E-state index contributed by atoms with van der Waals surface area (Å²) in [6.07, 6.45) is 4.42. The molecule has 0 fully saturated rings. The van der Waals surface area contributed by atoms with Gasteiger partial charge in [0, 0.05) is 18.0 Å². The van der Waals surface area contributed by atoms with Gasteiger partial charge in [-0.15, -0.1) is 0 Å². The van der Waals surface area contributed by atoms with Gasteiger partial charge in [0.05, 0.1) is 17.5 Å². The molecule has 0 aliphatic heterocycles. The lowest BCUT2D eigenvalue weighted by molar-refractivity contribution is 0.0956. The van der Waals surface area contributed by atoms with Crippen molar-refractivity contribution in [3.05, 3.63) is 95.6 Å². The zero-order chi connectivity index (χ0) is 19.1. The van der Waals surface area contributed by atoms with Crippen molar-refractivity contribution in [3.8, 4) is 0 Å². The second-order valence-corrected chi connectivity index (χ2v) is 5.49. The number of para-hydroxylation sites is 1. The second kappa shape index (κ2) is 8.48. The number of anilines is 1. The molecule has 1 aromatic heterocycles. The van der Waals surface area contributed by atoms with Crippen LogP contribution in [0.25, 0.3) is 0 Å². The first-order chi connectivity index (χ1) is 13.1. The van der Waals surface area contributed by atoms with Crippen molar-refractivity contribution in [2.75, 3.05) is 5.32 Å². The van der Waals surface area contributed by atoms with E-state index in [0.29, 0.717) is 16.8 Å². The third-order valence-corrected chi connectivity index (χ3v) is 3.61. The lowest BCUT2D eigenvalue weighted by Gasteiger charge is -2.09. The van der Waals surface area contributed by atoms with E-state index in [1.807, 2.05) is 0 Å². The molecule has 0 aliphatic carbocycles. The SMILES string of the molecule is O=C(Nc1ccccc1C(=O)NN=Cc1ccc(F)cc1)c1ccncc1. The Hall–Kier alpha value is -3.87. The minimum Gasteiger partial charge on any atom is -0.321 e. The van der Waals surface area contributed by atoms with Crippen molar-refractivity contribution in [1.29, 1.82) is 0 Å². The smallest absolute Gasteiger partial charge is 0.273 e. The molecule has 0 radical (unpaired) electrons. The number of benzene rings is 2. The fourth-order valence-corrected chi connectivity index (χ4v) is 2.26. The summed E-state index contributed by atoms with van der Waals surface area (Å²) in [5.74, 6) is -1.19. The standard InChI is InChI=1S/C20H15FN4O2/c21-16-7-5-14(6-8-16)13-23-25-20(27)17-3-1-2-4-18(17)24-19(26)15-9-11-22-12-10-15/h1-13H,(H,24,26)(H,25,27). The van der Waals surface area contributed by atoms with Crippen LogP contribution in [0.2, 0.25) is 0 Å². The average molecular weight is 362 g/mol. The first-order valence-electron chi connectivity index (χ1n) is 8.03. The van der Waals surface area contributed by atoms with Crippen molar-refractivity contribution in [2.24, 2.45) is 5.10 Å². The predicted molar refractivity (Wildman–Crippen MR) is 100 cm³/mol. The molecule has 3 rings (SSSR count). The molecule has 0 bridgehead atoms. The van der Waals surface area contributed by atoms with Crippen LogP contribution >= 0.6 is 0 Å². The third kappa shape index (κ3) is 4.82. The number of rotatable bonds is 5. The van der Waals surface area contributed by atoms with Gasteiger partial charge in [0.15, 0.2) is 0 Å². The first kappa shape index (κ1) is 17.9. The fourth-order valence-electron chi connectivity index (χ4n) is 2.26. The Kier molecular flexibility index (Phi) is 5.64. The Morgan fingerprint density at radius 1 is 0.926 bits per heavy atom. The lowest BCUT2D eigenvalue weighted by atomic mass is 10.1. The molecule has 134 valence electrons. The lowest BCUT2D eigenvalue weighted by Crippen LogP contribution is -2.21. The number of aromatic nitrogens is 1. The average Bonchev–Trinajstić information content (AvgIpc) is 2.70. The van der Waals surface area contributed by atoms with Crippen LogP contribution in [0.15, 0.2) is 78.2 Å². The number of pyridine rings is 1. The van der Waals surface area contributed by atoms with Gasteiger partial charge >= 0.3 is 0 Å². The Balaban J connectivity index is 1.70. The summed E-state index contributed by atoms with van der Waals surface area (Å²) in [7, 11) is 0. The Bertz CT molecular complexity index is 973. The molecule has 2 amide bonds. The number of amides is 2. The molecule has 0 unspecified atom stereocenters. The van der Waals surface area contributed by atoms with Crippen molar-refractivity contribution in [1.82, 2.24) is 10.4 Å². The molecule has 1 heterocycles. The second-order valence-electron chi connectivity index (χ2n) is 5.49. The molecule has 0 atom stereocenters. The van der Waals surface area contributed by atoms with Gasteiger partial charge in [0.1, 0.15) is 5.82 Å². The minimum absolute atomic E-state index is 0.260. The quantitative estimate of drug-likeness (QED) is 0.540. The summed E-state index contributed by atoms with van der Waals surface area (Å²) >= 11 is 0. The maximum atomic E-state index is 12.9. The summed E-state index contributed by atoms with van der Waals surface area (Å²) < 4.78 is 12.9. The molecule has 0 saturated carbocycles. The van der Waals surface area contributed by atoms with Crippen LogP contribution in [0, 0.1) is 5.82 Å². The largest absolute Gasteiger partial charge is 0.321 e. The Morgan fingerprint density at radius 2 is 1.63 bits per heavy atom. The van der Waals surface area contributed by atoms with Crippen molar-refractivity contribution in [2.45, 2.75) is 0 Å². The van der Waals surface area contributed by atoms with Crippen molar-refractivity contribution >= 4 is 23.7 Å². The maximum absolute atomic E-state index is 12.9. The fraction of sp³-hybridized carbons (Fsp3) is 0. The highest BCUT2D eigenvalue weighted by molar-refractivity contribution is 6.09. The van der Waals surface area contributed by atoms with Crippen molar-refractivity contribution in [3.63, 3.8) is 0 Å². The molecular weight excluding hydrogens is 347 g/mol. The molecule has 6 nitrogen and oxygen atoms in total. The summed E-state index contributed by atoms with van der Waals surface area (Å²) in [4.78, 5) is 28.5. The molecular formula is C20H15FN4O2. The van der Waals surface area contributed by atoms with Gasteiger partial charge in [0.25, 0.3) is 11.8 Å². The van der Waals surface area contributed by atoms with Gasteiger partial charge in [-0.3, -0.25) is 14.6 Å². The topological polar surface area (TPSA) is 83.5 Å². The van der Waals surface area contributed by atoms with E-state index >= 15 is 0 Å². The van der Waals surface area contributed by atoms with Gasteiger partial charge in [-0.05, 0) is 42.0 Å². The molecule has 3 aromatic rings. The summed E-state index contributed by atoms with van der Waals surface area (Å²) in [5, 5.41) is 6.56. The Morgan fingerprint density at radius 3 is 2.37 bits per heavy atom. The van der Waals surface area contributed by atoms with Gasteiger partial charge in [-0.1, -0.05) is 24.3 Å². The zero-order valence-corrected chi connectivity index (χ0v) is 14.1. The molecule has 2 N–H and O–H groups in total. The van der Waals surface area contributed by atoms with Crippen LogP contribution < -0.4 is 10.7 Å². The normalized spacial score (nSPS) is 10.6. The van der Waals surface area contributed by atoms with Crippen LogP contribution in [0.3, 0.4) is 0 Å². The molecule has 0 saturated heterocycles. The van der Waals surface area contributed by atoms with Gasteiger partial charge < -0.3 is 5.32 Å². The van der Waals surface area contributed by atoms with Crippen molar-refractivity contribution < 1.29 is 14.0 Å². The molecule has 7 heteroatoms. The number of hydrogen-bond acceptors (Lipinski definition) is 4. The van der Waals surface area contributed by atoms with E-state index in [2.05, 4.69) is 20.8 Å². The number of nitrogens with one attached hydrogen (secondary N) is 2. The number of hydrazone groups is 1. The summed E-state index contributed by atoms with van der Waals surface area (Å²) in [6.45, 7) is 0. The molecule has 27 heavy (non-hydrogen) atoms. The number of halogens is 1. The summed E-state index contributed by atoms with van der Waals surface area (Å²) in [5.41, 5.74) is 4.07. The van der Waals surface area contributed by atoms with E-state index in [4.69, 9.17) is 0 Å². The van der Waals surface area contributed by atoms with Crippen LogP contribution in [-0.2, 0) is 0 Å². The van der Waals surface area contributed by atoms with E-state index in [1.54, 1.807) is 36.4 Å². The highest BCUT2D eigenvalue weighted by Crippen LogP contribution is 2.16. The Labute approximate surface area is 154 Å². The number of hydrogen-bond donors (Lipinski definition) is 2. The van der Waals surface area contributed by atoms with E-state index in [-0.39, 0.29) is 17.3 Å². The first-order valence-corrected chi connectivity index (χ1v) is 8.03. The monoisotopic (exact) mass is 362 g/mol. The van der Waals surface area contributed by atoms with E-state index < -0.39 is 5.91 Å². The van der Waals surface area contributed by atoms with Crippen LogP contribution in [-0.4, -0.2) is 23.0 Å². The predicted octanol–water partition coefficient (Wildman–Crippen LogP) is 3.24. The number of carbonyl (C=O) groups excluding carboxylic acids is 2. The summed E-state index contributed by atoms with van der Waals surface area (Å²) in [6, 6.07) is 15.4. The third-order valence-electron chi connectivity index (χ3n) is 3.61. The van der Waals surface area contributed by atoms with Gasteiger partial charge in [-0.25, -0.2) is 9.82 Å². The molecule has 2 aromatic carbocycles. The highest BCUT2D eigenvalue weighted by atomic mass is 19.1. The number of nitrogens with zero attached hydrogens (tertiary/aromatic N) is 2. The van der Waals surface area contributed by atoms with E-state index in [9.17, 15) is 14.0 Å².